The van der Waals surface area contributed by atoms with Crippen molar-refractivity contribution in [1.29, 1.82) is 0 Å². The molecule has 0 radical (unpaired) electrons. The lowest BCUT2D eigenvalue weighted by molar-refractivity contribution is 0.0928. The van der Waals surface area contributed by atoms with Crippen LogP contribution in [0.3, 0.4) is 0 Å². The van der Waals surface area contributed by atoms with E-state index in [0.29, 0.717) is 17.3 Å². The molecule has 8 nitrogen and oxygen atoms in total. The number of aromatic nitrogens is 6. The molecule has 3 aromatic heterocycles. The van der Waals surface area contributed by atoms with Crippen molar-refractivity contribution in [2.24, 2.45) is 13.0 Å². The first-order chi connectivity index (χ1) is 12.5. The standard InChI is InChI=1S/C18H23N7O/c1-12(2)9-15(17-20-11-22-24(17)4)23-18(26)14-10-21-25(13(14)3)16-7-5-6-8-19-16/h5-8,10-12,15H,9H2,1-4H3,(H,23,26)/t15-/m1/s1. The van der Waals surface area contributed by atoms with Gasteiger partial charge in [0, 0.05) is 13.2 Å². The fourth-order valence-corrected chi connectivity index (χ4v) is 2.90. The number of nitrogens with zero attached hydrogens (tertiary/aromatic N) is 6. The smallest absolute Gasteiger partial charge is 0.255 e. The van der Waals surface area contributed by atoms with Crippen LogP contribution in [-0.2, 0) is 7.05 Å². The minimum absolute atomic E-state index is 0.182. The molecule has 0 fully saturated rings. The number of rotatable bonds is 6. The van der Waals surface area contributed by atoms with Crippen molar-refractivity contribution in [3.8, 4) is 5.82 Å². The van der Waals surface area contributed by atoms with Crippen LogP contribution >= 0.6 is 0 Å². The van der Waals surface area contributed by atoms with Gasteiger partial charge in [0.2, 0.25) is 0 Å². The monoisotopic (exact) mass is 353 g/mol. The van der Waals surface area contributed by atoms with E-state index in [1.165, 1.54) is 6.33 Å². The van der Waals surface area contributed by atoms with Gasteiger partial charge in [0.15, 0.2) is 5.82 Å². The lowest BCUT2D eigenvalue weighted by atomic mass is 10.0. The Balaban J connectivity index is 1.84. The molecule has 1 atom stereocenters. The number of carbonyl (C=O) groups excluding carboxylic acids is 1. The number of pyridine rings is 1. The first kappa shape index (κ1) is 17.8. The van der Waals surface area contributed by atoms with Gasteiger partial charge in [-0.05, 0) is 31.4 Å². The highest BCUT2D eigenvalue weighted by Gasteiger charge is 2.23. The van der Waals surface area contributed by atoms with Crippen molar-refractivity contribution >= 4 is 5.91 Å². The maximum Gasteiger partial charge on any atom is 0.255 e. The summed E-state index contributed by atoms with van der Waals surface area (Å²) in [7, 11) is 1.83. The fraction of sp³-hybridized carbons (Fsp3) is 0.389. The van der Waals surface area contributed by atoms with E-state index in [0.717, 1.165) is 17.9 Å². The highest BCUT2D eigenvalue weighted by Crippen LogP contribution is 2.20. The molecular formula is C18H23N7O. The van der Waals surface area contributed by atoms with Crippen molar-refractivity contribution in [1.82, 2.24) is 34.8 Å². The van der Waals surface area contributed by atoms with Gasteiger partial charge in [-0.3, -0.25) is 9.48 Å². The van der Waals surface area contributed by atoms with Gasteiger partial charge >= 0.3 is 0 Å². The van der Waals surface area contributed by atoms with Gasteiger partial charge < -0.3 is 5.32 Å². The number of hydrogen-bond acceptors (Lipinski definition) is 5. The summed E-state index contributed by atoms with van der Waals surface area (Å²) in [6.07, 6.45) is 5.54. The summed E-state index contributed by atoms with van der Waals surface area (Å²) in [5, 5.41) is 11.5. The molecule has 3 heterocycles. The average molecular weight is 353 g/mol. The Labute approximate surface area is 152 Å². The SMILES string of the molecule is Cc1c(C(=O)N[C@H](CC(C)C)c2ncnn2C)cnn1-c1ccccn1. The van der Waals surface area contributed by atoms with Crippen molar-refractivity contribution in [3.05, 3.63) is 54.0 Å². The van der Waals surface area contributed by atoms with Crippen LogP contribution in [0.2, 0.25) is 0 Å². The Hall–Kier alpha value is -3.03. The zero-order valence-electron chi connectivity index (χ0n) is 15.4. The van der Waals surface area contributed by atoms with E-state index in [1.54, 1.807) is 21.8 Å². The van der Waals surface area contributed by atoms with Gasteiger partial charge in [-0.2, -0.15) is 10.2 Å². The second kappa shape index (κ2) is 7.47. The normalized spacial score (nSPS) is 12.3. The molecule has 0 aliphatic carbocycles. The second-order valence-corrected chi connectivity index (χ2v) is 6.64. The van der Waals surface area contributed by atoms with Crippen molar-refractivity contribution in [3.63, 3.8) is 0 Å². The van der Waals surface area contributed by atoms with Crippen LogP contribution in [0, 0.1) is 12.8 Å². The zero-order chi connectivity index (χ0) is 18.7. The van der Waals surface area contributed by atoms with Crippen LogP contribution in [0.5, 0.6) is 0 Å². The van der Waals surface area contributed by atoms with Crippen molar-refractivity contribution in [2.45, 2.75) is 33.2 Å². The molecule has 26 heavy (non-hydrogen) atoms. The minimum atomic E-state index is -0.215. The Morgan fingerprint density at radius 3 is 2.65 bits per heavy atom. The zero-order valence-corrected chi connectivity index (χ0v) is 15.4. The molecule has 0 aromatic carbocycles. The molecule has 1 amide bonds. The lowest BCUT2D eigenvalue weighted by Crippen LogP contribution is -2.31. The summed E-state index contributed by atoms with van der Waals surface area (Å²) < 4.78 is 3.35. The molecule has 0 saturated heterocycles. The van der Waals surface area contributed by atoms with E-state index in [4.69, 9.17) is 0 Å². The first-order valence-electron chi connectivity index (χ1n) is 8.58. The Bertz CT molecular complexity index is 882. The summed E-state index contributed by atoms with van der Waals surface area (Å²) in [4.78, 5) is 21.4. The predicted molar refractivity (Wildman–Crippen MR) is 96.8 cm³/mol. The van der Waals surface area contributed by atoms with Gasteiger partial charge in [0.1, 0.15) is 12.2 Å². The maximum atomic E-state index is 12.9. The Kier molecular flexibility index (Phi) is 5.11. The molecule has 136 valence electrons. The third kappa shape index (κ3) is 3.63. The highest BCUT2D eigenvalue weighted by molar-refractivity contribution is 5.95. The van der Waals surface area contributed by atoms with Gasteiger partial charge in [-0.15, -0.1) is 0 Å². The molecule has 8 heteroatoms. The van der Waals surface area contributed by atoms with E-state index in [-0.39, 0.29) is 11.9 Å². The molecule has 0 spiro atoms. The van der Waals surface area contributed by atoms with Gasteiger partial charge in [-0.1, -0.05) is 19.9 Å². The van der Waals surface area contributed by atoms with Gasteiger partial charge in [-0.25, -0.2) is 14.6 Å². The van der Waals surface area contributed by atoms with E-state index in [1.807, 2.05) is 32.2 Å². The van der Waals surface area contributed by atoms with Crippen molar-refractivity contribution in [2.75, 3.05) is 0 Å². The molecule has 0 saturated carbocycles. The molecule has 0 aliphatic rings. The van der Waals surface area contributed by atoms with Crippen LogP contribution in [-0.4, -0.2) is 35.4 Å². The number of carbonyl (C=O) groups is 1. The molecule has 0 bridgehead atoms. The van der Waals surface area contributed by atoms with Crippen LogP contribution in [0.4, 0.5) is 0 Å². The van der Waals surface area contributed by atoms with Gasteiger partial charge in [0.25, 0.3) is 5.91 Å². The highest BCUT2D eigenvalue weighted by atomic mass is 16.1. The minimum Gasteiger partial charge on any atom is -0.342 e. The van der Waals surface area contributed by atoms with Gasteiger partial charge in [0.05, 0.1) is 23.5 Å². The van der Waals surface area contributed by atoms with Crippen molar-refractivity contribution < 1.29 is 4.79 Å². The molecular weight excluding hydrogens is 330 g/mol. The summed E-state index contributed by atoms with van der Waals surface area (Å²) in [5.74, 6) is 1.63. The quantitative estimate of drug-likeness (QED) is 0.734. The Morgan fingerprint density at radius 1 is 1.23 bits per heavy atom. The summed E-state index contributed by atoms with van der Waals surface area (Å²) in [5.41, 5.74) is 1.26. The van der Waals surface area contributed by atoms with Crippen LogP contribution in [0.1, 0.15) is 48.2 Å². The average Bonchev–Trinajstić information content (AvgIpc) is 3.20. The maximum absolute atomic E-state index is 12.9. The predicted octanol–water partition coefficient (Wildman–Crippen LogP) is 2.22. The summed E-state index contributed by atoms with van der Waals surface area (Å²) in [6.45, 7) is 6.08. The van der Waals surface area contributed by atoms with Crippen LogP contribution < -0.4 is 5.32 Å². The summed E-state index contributed by atoms with van der Waals surface area (Å²) in [6, 6.07) is 5.36. The fourth-order valence-electron chi connectivity index (χ4n) is 2.90. The molecule has 0 unspecified atom stereocenters. The van der Waals surface area contributed by atoms with Crippen LogP contribution in [0.25, 0.3) is 5.82 Å². The first-order valence-corrected chi connectivity index (χ1v) is 8.58. The largest absolute Gasteiger partial charge is 0.342 e. The summed E-state index contributed by atoms with van der Waals surface area (Å²) >= 11 is 0. The molecule has 3 rings (SSSR count). The molecule has 3 aromatic rings. The van der Waals surface area contributed by atoms with E-state index in [2.05, 4.69) is 39.3 Å². The van der Waals surface area contributed by atoms with Crippen LogP contribution in [0.15, 0.2) is 36.9 Å². The second-order valence-electron chi connectivity index (χ2n) is 6.64. The van der Waals surface area contributed by atoms with E-state index < -0.39 is 0 Å². The lowest BCUT2D eigenvalue weighted by Gasteiger charge is -2.19. The third-order valence-electron chi connectivity index (χ3n) is 4.19. The number of hydrogen-bond donors (Lipinski definition) is 1. The Morgan fingerprint density at radius 2 is 2.04 bits per heavy atom. The van der Waals surface area contributed by atoms with E-state index >= 15 is 0 Å². The van der Waals surface area contributed by atoms with E-state index in [9.17, 15) is 4.79 Å². The molecule has 0 aliphatic heterocycles. The topological polar surface area (TPSA) is 90.5 Å². The number of aryl methyl sites for hydroxylation is 1. The third-order valence-corrected chi connectivity index (χ3v) is 4.19. The molecule has 1 N–H and O–H groups in total. The number of nitrogens with one attached hydrogen (secondary N) is 1. The number of amides is 1.